The van der Waals surface area contributed by atoms with Crippen molar-refractivity contribution >= 4 is 26.8 Å². The van der Waals surface area contributed by atoms with E-state index in [9.17, 15) is 92.4 Å². The van der Waals surface area contributed by atoms with Crippen molar-refractivity contribution in [1.82, 2.24) is 0 Å². The van der Waals surface area contributed by atoms with E-state index < -0.39 is 57.1 Å². The molecule has 0 aromatic carbocycles. The van der Waals surface area contributed by atoms with E-state index >= 15 is 0 Å². The molecule has 0 aromatic rings. The highest BCUT2D eigenvalue weighted by molar-refractivity contribution is 7.98. The first kappa shape index (κ1) is 44.9. The fourth-order valence-corrected chi connectivity index (χ4v) is 5.73. The number of alkyl halides is 17. The molecule has 0 saturated heterocycles. The van der Waals surface area contributed by atoms with Crippen molar-refractivity contribution in [2.75, 3.05) is 5.75 Å². The Morgan fingerprint density at radius 3 is 1.20 bits per heavy atom. The smallest absolute Gasteiger partial charge is 0.460 e. The molecule has 0 atom stereocenters. The molecule has 0 aliphatic heterocycles. The number of carbonyl (C=O) groups is 1. The van der Waals surface area contributed by atoms with Crippen LogP contribution in [0, 0.1) is 0 Å². The van der Waals surface area contributed by atoms with Crippen molar-refractivity contribution in [3.05, 3.63) is 0 Å². The molecule has 23 heteroatoms. The average molecular weight is 731 g/mol. The minimum atomic E-state index is -8.92. The van der Waals surface area contributed by atoms with Gasteiger partial charge in [-0.15, -0.1) is 0 Å². The van der Waals surface area contributed by atoms with Crippen LogP contribution >= 0.6 is 0 Å². The van der Waals surface area contributed by atoms with Crippen LogP contribution in [-0.4, -0.2) is 82.0 Å². The molecule has 266 valence electrons. The van der Waals surface area contributed by atoms with E-state index in [0.29, 0.717) is 16.3 Å². The second-order valence-electron chi connectivity index (χ2n) is 9.62. The minimum absolute atomic E-state index is 0.287. The Hall–Kier alpha value is -1.26. The summed E-state index contributed by atoms with van der Waals surface area (Å²) in [6.45, 7) is 11.1. The van der Waals surface area contributed by atoms with Crippen molar-refractivity contribution in [2.24, 2.45) is 0 Å². The van der Waals surface area contributed by atoms with Crippen LogP contribution in [-0.2, 0) is 25.8 Å². The molecule has 4 nitrogen and oxygen atoms in total. The molecule has 0 radical (unpaired) electrons. The number of hydrogen-bond acceptors (Lipinski definition) is 4. The number of halogens is 17. The first-order valence-electron chi connectivity index (χ1n) is 11.9. The third kappa shape index (κ3) is 8.36. The zero-order valence-corrected chi connectivity index (χ0v) is 24.7. The summed E-state index contributed by atoms with van der Waals surface area (Å²) in [7, 11) is -7.86. The highest BCUT2D eigenvalue weighted by Crippen LogP contribution is 2.64. The van der Waals surface area contributed by atoms with Gasteiger partial charge >= 0.3 is 47.0 Å². The maximum absolute atomic E-state index is 13.0. The van der Waals surface area contributed by atoms with Gasteiger partial charge < -0.3 is 4.55 Å². The molecule has 44 heavy (non-hydrogen) atoms. The molecule has 0 aromatic heterocycles. The first-order valence-corrected chi connectivity index (χ1v) is 14.8. The van der Waals surface area contributed by atoms with Gasteiger partial charge in [-0.1, -0.05) is 19.8 Å². The third-order valence-corrected chi connectivity index (χ3v) is 9.57. The Kier molecular flexibility index (Phi) is 14.5. The van der Waals surface area contributed by atoms with Gasteiger partial charge in [-0.25, -0.2) is 8.42 Å². The monoisotopic (exact) mass is 730 g/mol. The summed E-state index contributed by atoms with van der Waals surface area (Å²) in [5, 5.41) is -6.65. The van der Waals surface area contributed by atoms with Gasteiger partial charge in [0.2, 0.25) is 0 Å². The van der Waals surface area contributed by atoms with Crippen LogP contribution in [0.25, 0.3) is 0 Å². The van der Waals surface area contributed by atoms with E-state index in [-0.39, 0.29) is 10.9 Å². The Labute approximate surface area is 243 Å². The Morgan fingerprint density at radius 1 is 0.614 bits per heavy atom. The predicted octanol–water partition coefficient (Wildman–Crippen LogP) is 8.07. The predicted molar refractivity (Wildman–Crippen MR) is 122 cm³/mol. The van der Waals surface area contributed by atoms with Gasteiger partial charge in [-0.2, -0.15) is 74.6 Å². The molecule has 0 rings (SSSR count). The number of ketones is 1. The lowest BCUT2D eigenvalue weighted by Crippen LogP contribution is -2.75. The molecule has 0 N–H and O–H groups in total. The van der Waals surface area contributed by atoms with Crippen molar-refractivity contribution in [1.29, 1.82) is 0 Å². The zero-order valence-electron chi connectivity index (χ0n) is 23.1. The van der Waals surface area contributed by atoms with E-state index in [1.165, 1.54) is 12.8 Å². The minimum Gasteiger partial charge on any atom is -0.743 e. The molecule has 0 fully saturated rings. The van der Waals surface area contributed by atoms with Crippen molar-refractivity contribution in [3.8, 4) is 0 Å². The molecule has 0 aliphatic rings. The SMILES string of the molecule is CCCCCC(=O)C[S+](C(C)C)C(C)C.O=S(=O)([O-])C(F)(F)C(F)(F)C(F)(F)C(F)(F)C(F)(F)C(F)(F)C(F)(F)C(F)(F)F. The standard InChI is InChI=1S/C13H27OS.C8HF17O3S/c1-6-7-8-9-13(14)10-15(11(2)3)12(4)5;9-1(10,3(13,14)5(17,18)7(21,22)23)2(11,12)4(15,16)6(19,20)8(24,25)29(26,27)28/h11-12H,6-10H2,1-5H3;(H,26,27,28)/q+1;/p-1. The normalized spacial score (nSPS) is 15.1. The van der Waals surface area contributed by atoms with Crippen LogP contribution in [0.1, 0.15) is 60.3 Å². The van der Waals surface area contributed by atoms with Crippen LogP contribution in [0.15, 0.2) is 0 Å². The molecule has 0 amide bonds. The van der Waals surface area contributed by atoms with Gasteiger partial charge in [-0.05, 0) is 45.0 Å². The fraction of sp³-hybridized carbons (Fsp3) is 0.952. The summed E-state index contributed by atoms with van der Waals surface area (Å²) in [5.74, 6) is -50.8. The summed E-state index contributed by atoms with van der Waals surface area (Å²) in [6, 6.07) is 0. The molecule has 0 bridgehead atoms. The van der Waals surface area contributed by atoms with E-state index in [2.05, 4.69) is 34.6 Å². The quantitative estimate of drug-likeness (QED) is 0.0740. The maximum Gasteiger partial charge on any atom is 0.460 e. The fourth-order valence-electron chi connectivity index (χ4n) is 3.01. The van der Waals surface area contributed by atoms with E-state index in [1.54, 1.807) is 0 Å². The largest absolute Gasteiger partial charge is 0.743 e. The molecule has 0 saturated carbocycles. The topological polar surface area (TPSA) is 74.3 Å². The molecule has 0 heterocycles. The lowest BCUT2D eigenvalue weighted by Gasteiger charge is -2.42. The summed E-state index contributed by atoms with van der Waals surface area (Å²) < 4.78 is 244. The Bertz CT molecular complexity index is 1050. The first-order chi connectivity index (χ1) is 19.0. The number of carbonyl (C=O) groups excluding carboxylic acids is 1. The number of unbranched alkanes of at least 4 members (excludes halogenated alkanes) is 2. The van der Waals surface area contributed by atoms with Crippen molar-refractivity contribution in [3.63, 3.8) is 0 Å². The Balaban J connectivity index is 0. The lowest BCUT2D eigenvalue weighted by molar-refractivity contribution is -0.458. The van der Waals surface area contributed by atoms with Crippen LogP contribution in [0.2, 0.25) is 0 Å². The molecular weight excluding hydrogens is 703 g/mol. The summed E-state index contributed by atoms with van der Waals surface area (Å²) in [6.07, 6.45) is -3.61. The highest BCUT2D eigenvalue weighted by Gasteiger charge is 2.95. The van der Waals surface area contributed by atoms with Crippen LogP contribution in [0.4, 0.5) is 74.6 Å². The lowest BCUT2D eigenvalue weighted by atomic mass is 9.91. The van der Waals surface area contributed by atoms with Gasteiger partial charge in [-0.3, -0.25) is 4.79 Å². The summed E-state index contributed by atoms with van der Waals surface area (Å²) in [4.78, 5) is 11.7. The molecular formula is C21H27F17O4S2. The van der Waals surface area contributed by atoms with Gasteiger partial charge in [0.05, 0.1) is 0 Å². The average Bonchev–Trinajstić information content (AvgIpc) is 2.80. The molecule has 0 unspecified atom stereocenters. The van der Waals surface area contributed by atoms with Gasteiger partial charge in [0.25, 0.3) is 0 Å². The summed E-state index contributed by atoms with van der Waals surface area (Å²) in [5.41, 5.74) is 0. The zero-order chi connectivity index (χ0) is 36.3. The van der Waals surface area contributed by atoms with Crippen LogP contribution in [0.3, 0.4) is 0 Å². The summed E-state index contributed by atoms with van der Waals surface area (Å²) >= 11 is 0. The highest BCUT2D eigenvalue weighted by atomic mass is 32.2. The number of rotatable bonds is 15. The van der Waals surface area contributed by atoms with Crippen molar-refractivity contribution < 1.29 is 92.4 Å². The molecule has 0 spiro atoms. The molecule has 0 aliphatic carbocycles. The van der Waals surface area contributed by atoms with Gasteiger partial charge in [0.15, 0.2) is 21.7 Å². The second kappa shape index (κ2) is 14.2. The van der Waals surface area contributed by atoms with Crippen molar-refractivity contribution in [2.45, 2.75) is 118 Å². The van der Waals surface area contributed by atoms with E-state index in [0.717, 1.165) is 18.6 Å². The third-order valence-electron chi connectivity index (χ3n) is 5.61. The number of Topliss-reactive ketones (excluding diaryl/α,β-unsaturated/α-hetero) is 1. The van der Waals surface area contributed by atoms with Gasteiger partial charge in [0.1, 0.15) is 10.5 Å². The Morgan fingerprint density at radius 2 is 0.932 bits per heavy atom. The maximum atomic E-state index is 13.0. The van der Waals surface area contributed by atoms with E-state index in [1.807, 2.05) is 0 Å². The van der Waals surface area contributed by atoms with Crippen LogP contribution in [0.5, 0.6) is 0 Å². The van der Waals surface area contributed by atoms with Gasteiger partial charge in [0, 0.05) is 6.42 Å². The number of hydrogen-bond donors (Lipinski definition) is 0. The van der Waals surface area contributed by atoms with E-state index in [4.69, 9.17) is 0 Å². The second-order valence-corrected chi connectivity index (χ2v) is 14.2. The van der Waals surface area contributed by atoms with Crippen LogP contribution < -0.4 is 0 Å².